The largest absolute Gasteiger partial charge is 0.493 e. The molecule has 0 spiro atoms. The van der Waals surface area contributed by atoms with Gasteiger partial charge in [0.25, 0.3) is 5.91 Å². The van der Waals surface area contributed by atoms with Crippen LogP contribution in [0.3, 0.4) is 0 Å². The molecule has 1 N–H and O–H groups in total. The quantitative estimate of drug-likeness (QED) is 0.148. The van der Waals surface area contributed by atoms with Crippen molar-refractivity contribution in [1.82, 2.24) is 10.3 Å². The highest BCUT2D eigenvalue weighted by atomic mass is 19.1. The van der Waals surface area contributed by atoms with Crippen molar-refractivity contribution in [3.63, 3.8) is 0 Å². The number of benzene rings is 2. The van der Waals surface area contributed by atoms with Gasteiger partial charge in [-0.05, 0) is 62.1 Å². The summed E-state index contributed by atoms with van der Waals surface area (Å²) in [5.74, 6) is -3.46. The van der Waals surface area contributed by atoms with Crippen LogP contribution in [0.5, 0.6) is 11.5 Å². The number of methoxy groups -OCH3 is 1. The predicted molar refractivity (Wildman–Crippen MR) is 167 cm³/mol. The third kappa shape index (κ3) is 10.2. The number of carbonyl (C=O) groups excluding carboxylic acids is 3. The Hall–Kier alpha value is -4.58. The second-order valence-electron chi connectivity index (χ2n) is 11.3. The van der Waals surface area contributed by atoms with Crippen LogP contribution in [-0.4, -0.2) is 61.6 Å². The van der Waals surface area contributed by atoms with E-state index in [2.05, 4.69) is 10.3 Å². The molecule has 0 saturated carbocycles. The Morgan fingerprint density at radius 1 is 1.09 bits per heavy atom. The Kier molecular flexibility index (Phi) is 13.0. The van der Waals surface area contributed by atoms with Gasteiger partial charge in [0.05, 0.1) is 13.2 Å². The van der Waals surface area contributed by atoms with Gasteiger partial charge in [-0.25, -0.2) is 18.6 Å². The molecule has 4 rings (SSSR count). The van der Waals surface area contributed by atoms with Gasteiger partial charge in [0.15, 0.2) is 17.2 Å². The zero-order valence-electron chi connectivity index (χ0n) is 26.7. The fraction of sp³-hybridized carbons (Fsp3) is 0.429. The van der Waals surface area contributed by atoms with E-state index in [0.29, 0.717) is 31.4 Å². The van der Waals surface area contributed by atoms with Crippen molar-refractivity contribution in [2.24, 2.45) is 5.92 Å². The van der Waals surface area contributed by atoms with Crippen LogP contribution < -0.4 is 14.8 Å². The average molecular weight is 655 g/mol. The van der Waals surface area contributed by atoms with Crippen LogP contribution in [0.2, 0.25) is 0 Å². The van der Waals surface area contributed by atoms with E-state index in [1.807, 2.05) is 30.3 Å². The SMILES string of the molecule is COc1ccnc(C(=O)N[C@H]2CCC[C@H](Cc3ccc(F)cc3F)[C@@H](OCCCc3ccccc3)[C@H](C)OC2=O)c1OCOC(C)=O. The number of aryl methyl sites for hydroxylation is 1. The van der Waals surface area contributed by atoms with Crippen molar-refractivity contribution >= 4 is 17.8 Å². The summed E-state index contributed by atoms with van der Waals surface area (Å²) in [6.45, 7) is 2.82. The summed E-state index contributed by atoms with van der Waals surface area (Å²) in [4.78, 5) is 42.2. The topological polar surface area (TPSA) is 122 Å². The van der Waals surface area contributed by atoms with Gasteiger partial charge in [-0.15, -0.1) is 0 Å². The Balaban J connectivity index is 1.50. The van der Waals surface area contributed by atoms with Crippen LogP contribution in [0.1, 0.15) is 61.1 Å². The molecule has 12 heteroatoms. The van der Waals surface area contributed by atoms with Crippen LogP contribution in [-0.2, 0) is 36.6 Å². The molecular formula is C35H40F2N2O8. The molecule has 10 nitrogen and oxygen atoms in total. The van der Waals surface area contributed by atoms with Crippen molar-refractivity contribution in [1.29, 1.82) is 0 Å². The number of ether oxygens (including phenoxy) is 5. The Morgan fingerprint density at radius 2 is 1.87 bits per heavy atom. The lowest BCUT2D eigenvalue weighted by atomic mass is 9.86. The summed E-state index contributed by atoms with van der Waals surface area (Å²) >= 11 is 0. The maximum absolute atomic E-state index is 14.8. The number of nitrogens with one attached hydrogen (secondary N) is 1. The van der Waals surface area contributed by atoms with E-state index in [4.69, 9.17) is 23.7 Å². The Morgan fingerprint density at radius 3 is 2.60 bits per heavy atom. The minimum atomic E-state index is -1.04. The van der Waals surface area contributed by atoms with Gasteiger partial charge in [0, 0.05) is 31.9 Å². The molecule has 2 aromatic carbocycles. The molecule has 1 saturated heterocycles. The van der Waals surface area contributed by atoms with Gasteiger partial charge in [-0.3, -0.25) is 9.59 Å². The second-order valence-corrected chi connectivity index (χ2v) is 11.3. The second kappa shape index (κ2) is 17.4. The molecule has 0 unspecified atom stereocenters. The minimum Gasteiger partial charge on any atom is -0.493 e. The summed E-state index contributed by atoms with van der Waals surface area (Å²) < 4.78 is 56.2. The molecule has 47 heavy (non-hydrogen) atoms. The van der Waals surface area contributed by atoms with Gasteiger partial charge < -0.3 is 29.0 Å². The first kappa shape index (κ1) is 35.3. The first-order valence-electron chi connectivity index (χ1n) is 15.6. The van der Waals surface area contributed by atoms with Crippen molar-refractivity contribution < 1.29 is 46.8 Å². The number of hydrogen-bond donors (Lipinski definition) is 1. The van der Waals surface area contributed by atoms with Crippen LogP contribution in [0.25, 0.3) is 0 Å². The molecule has 0 aliphatic carbocycles. The molecule has 1 aliphatic heterocycles. The van der Waals surface area contributed by atoms with Crippen LogP contribution in [0.4, 0.5) is 8.78 Å². The average Bonchev–Trinajstić information content (AvgIpc) is 3.09. The third-order valence-corrected chi connectivity index (χ3v) is 7.92. The van der Waals surface area contributed by atoms with E-state index < -0.39 is 54.5 Å². The summed E-state index contributed by atoms with van der Waals surface area (Å²) in [6, 6.07) is 13.9. The minimum absolute atomic E-state index is 0.0658. The van der Waals surface area contributed by atoms with E-state index in [1.165, 1.54) is 44.0 Å². The predicted octanol–water partition coefficient (Wildman–Crippen LogP) is 5.36. The molecule has 0 bridgehead atoms. The summed E-state index contributed by atoms with van der Waals surface area (Å²) in [6.07, 6.45) is 2.95. The molecular weight excluding hydrogens is 614 g/mol. The van der Waals surface area contributed by atoms with E-state index in [9.17, 15) is 23.2 Å². The van der Waals surface area contributed by atoms with Gasteiger partial charge in [-0.2, -0.15) is 0 Å². The van der Waals surface area contributed by atoms with Crippen LogP contribution >= 0.6 is 0 Å². The number of esters is 2. The number of amides is 1. The van der Waals surface area contributed by atoms with Crippen molar-refractivity contribution in [2.75, 3.05) is 20.5 Å². The molecule has 1 aromatic heterocycles. The summed E-state index contributed by atoms with van der Waals surface area (Å²) in [5, 5.41) is 2.70. The first-order valence-corrected chi connectivity index (χ1v) is 15.6. The van der Waals surface area contributed by atoms with E-state index >= 15 is 0 Å². The fourth-order valence-corrected chi connectivity index (χ4v) is 5.60. The first-order chi connectivity index (χ1) is 22.7. The molecule has 1 amide bonds. The Bertz CT molecular complexity index is 1510. The van der Waals surface area contributed by atoms with Crippen LogP contribution in [0, 0.1) is 17.6 Å². The lowest BCUT2D eigenvalue weighted by Gasteiger charge is -2.31. The molecule has 1 fully saturated rings. The van der Waals surface area contributed by atoms with E-state index in [-0.39, 0.29) is 36.0 Å². The lowest BCUT2D eigenvalue weighted by molar-refractivity contribution is -0.161. The molecule has 252 valence electrons. The lowest BCUT2D eigenvalue weighted by Crippen LogP contribution is -2.45. The molecule has 4 atom stereocenters. The Labute approximate surface area is 272 Å². The number of carbonyl (C=O) groups is 3. The highest BCUT2D eigenvalue weighted by Crippen LogP contribution is 2.31. The van der Waals surface area contributed by atoms with Gasteiger partial charge in [0.2, 0.25) is 6.79 Å². The molecule has 0 radical (unpaired) electrons. The molecule has 2 heterocycles. The zero-order chi connectivity index (χ0) is 33.8. The number of cyclic esters (lactones) is 1. The fourth-order valence-electron chi connectivity index (χ4n) is 5.60. The van der Waals surface area contributed by atoms with E-state index in [1.54, 1.807) is 6.92 Å². The third-order valence-electron chi connectivity index (χ3n) is 7.92. The van der Waals surface area contributed by atoms with E-state index in [0.717, 1.165) is 12.5 Å². The van der Waals surface area contributed by atoms with Crippen LogP contribution in [0.15, 0.2) is 60.8 Å². The number of pyridine rings is 1. The normalized spacial score (nSPS) is 19.8. The molecule has 3 aromatic rings. The number of aromatic nitrogens is 1. The van der Waals surface area contributed by atoms with Gasteiger partial charge >= 0.3 is 11.9 Å². The summed E-state index contributed by atoms with van der Waals surface area (Å²) in [7, 11) is 1.38. The number of nitrogens with zero attached hydrogens (tertiary/aromatic N) is 1. The number of hydrogen-bond acceptors (Lipinski definition) is 9. The van der Waals surface area contributed by atoms with Gasteiger partial charge in [-0.1, -0.05) is 42.8 Å². The number of halogens is 2. The monoisotopic (exact) mass is 654 g/mol. The molecule has 1 aliphatic rings. The summed E-state index contributed by atoms with van der Waals surface area (Å²) in [5.41, 5.74) is 1.32. The standard InChI is InChI=1S/C35H40F2N2O8/c1-22-32(44-18-8-11-24-9-5-4-6-10-24)26(19-25-14-15-27(36)20-28(25)37)12-7-13-29(35(42)47-22)39-34(41)31-33(46-21-45-23(2)40)30(43-3)16-17-38-31/h4-6,9-10,14-17,20,22,26,29,32H,7-8,11-13,18-19,21H2,1-3H3,(H,39,41)/t22-,26+,29-,32-/m0/s1. The number of rotatable bonds is 13. The maximum Gasteiger partial charge on any atom is 0.329 e. The highest BCUT2D eigenvalue weighted by molar-refractivity contribution is 5.98. The maximum atomic E-state index is 14.8. The van der Waals surface area contributed by atoms with Crippen molar-refractivity contribution in [3.8, 4) is 11.5 Å². The van der Waals surface area contributed by atoms with Crippen molar-refractivity contribution in [3.05, 3.63) is 89.2 Å². The van der Waals surface area contributed by atoms with Gasteiger partial charge in [0.1, 0.15) is 23.8 Å². The smallest absolute Gasteiger partial charge is 0.329 e. The highest BCUT2D eigenvalue weighted by Gasteiger charge is 2.36. The van der Waals surface area contributed by atoms with Crippen molar-refractivity contribution in [2.45, 2.75) is 70.6 Å². The zero-order valence-corrected chi connectivity index (χ0v) is 26.7.